The number of benzene rings is 1. The third kappa shape index (κ3) is 7.09. The molecule has 3 N–H and O–H groups in total. The van der Waals surface area contributed by atoms with Gasteiger partial charge in [-0.15, -0.1) is 0 Å². The zero-order chi connectivity index (χ0) is 18.2. The number of urea groups is 1. The lowest BCUT2D eigenvalue weighted by Gasteiger charge is -2.20. The monoisotopic (exact) mass is 400 g/mol. The maximum absolute atomic E-state index is 11.6. The molecule has 136 valence electrons. The van der Waals surface area contributed by atoms with Crippen molar-refractivity contribution in [2.75, 3.05) is 19.8 Å². The van der Waals surface area contributed by atoms with E-state index in [1.165, 1.54) is 5.56 Å². The van der Waals surface area contributed by atoms with Crippen molar-refractivity contribution in [3.05, 3.63) is 28.2 Å². The first-order chi connectivity index (χ1) is 11.3. The number of ether oxygens (including phenoxy) is 1. The molecule has 0 saturated heterocycles. The Labute approximate surface area is 153 Å². The number of amides is 2. The Hall–Kier alpha value is -1.27. The molecule has 0 aromatic heterocycles. The average Bonchev–Trinajstić information content (AvgIpc) is 2.52. The van der Waals surface area contributed by atoms with Crippen LogP contribution in [0.15, 0.2) is 22.7 Å². The van der Waals surface area contributed by atoms with Crippen molar-refractivity contribution in [3.63, 3.8) is 0 Å². The maximum Gasteiger partial charge on any atom is 0.315 e. The van der Waals surface area contributed by atoms with Gasteiger partial charge in [0.1, 0.15) is 5.75 Å². The quantitative estimate of drug-likeness (QED) is 0.583. The largest absolute Gasteiger partial charge is 0.492 e. The Bertz CT molecular complexity index is 525. The van der Waals surface area contributed by atoms with Crippen LogP contribution in [0.2, 0.25) is 0 Å². The van der Waals surface area contributed by atoms with Crippen molar-refractivity contribution in [2.24, 2.45) is 0 Å². The first-order valence-corrected chi connectivity index (χ1v) is 9.15. The highest BCUT2D eigenvalue weighted by Crippen LogP contribution is 2.31. The topological polar surface area (TPSA) is 70.6 Å². The number of rotatable bonds is 8. The van der Waals surface area contributed by atoms with Gasteiger partial charge in [0.25, 0.3) is 0 Å². The molecule has 1 rings (SSSR count). The van der Waals surface area contributed by atoms with E-state index in [-0.39, 0.29) is 24.1 Å². The summed E-state index contributed by atoms with van der Waals surface area (Å²) in [5, 5.41) is 14.5. The van der Waals surface area contributed by atoms with Crippen molar-refractivity contribution < 1.29 is 14.6 Å². The number of halogens is 1. The number of aliphatic hydroxyl groups is 1. The zero-order valence-electron chi connectivity index (χ0n) is 15.0. The molecule has 1 unspecified atom stereocenters. The van der Waals surface area contributed by atoms with Gasteiger partial charge in [0.05, 0.1) is 23.7 Å². The van der Waals surface area contributed by atoms with Crippen molar-refractivity contribution >= 4 is 22.0 Å². The average molecular weight is 401 g/mol. The van der Waals surface area contributed by atoms with Crippen LogP contribution in [-0.4, -0.2) is 36.9 Å². The van der Waals surface area contributed by atoms with Gasteiger partial charge in [-0.3, -0.25) is 0 Å². The number of aliphatic hydroxyl groups excluding tert-OH is 1. The number of hydrogen-bond donors (Lipinski definition) is 3. The summed E-state index contributed by atoms with van der Waals surface area (Å²) in [6.45, 7) is 9.42. The Morgan fingerprint density at radius 2 is 2.08 bits per heavy atom. The van der Waals surface area contributed by atoms with E-state index < -0.39 is 0 Å². The van der Waals surface area contributed by atoms with Crippen molar-refractivity contribution in [1.82, 2.24) is 10.6 Å². The number of nitrogens with one attached hydrogen (secondary N) is 2. The van der Waals surface area contributed by atoms with Gasteiger partial charge in [-0.05, 0) is 51.9 Å². The second-order valence-electron chi connectivity index (χ2n) is 6.79. The molecule has 0 bridgehead atoms. The normalized spacial score (nSPS) is 12.6. The fraction of sp³-hybridized carbons (Fsp3) is 0.611. The van der Waals surface area contributed by atoms with E-state index in [1.54, 1.807) is 0 Å². The molecular weight excluding hydrogens is 372 g/mol. The predicted molar refractivity (Wildman–Crippen MR) is 101 cm³/mol. The molecule has 0 saturated carbocycles. The summed E-state index contributed by atoms with van der Waals surface area (Å²) in [5.74, 6) is 0.804. The molecule has 6 heteroatoms. The summed E-state index contributed by atoms with van der Waals surface area (Å²) < 4.78 is 6.69. The van der Waals surface area contributed by atoms with E-state index in [0.717, 1.165) is 10.2 Å². The summed E-state index contributed by atoms with van der Waals surface area (Å²) in [6, 6.07) is 5.68. The summed E-state index contributed by atoms with van der Waals surface area (Å²) in [5.41, 5.74) is 1.35. The second-order valence-corrected chi connectivity index (χ2v) is 7.64. The predicted octanol–water partition coefficient (Wildman–Crippen LogP) is 3.59. The van der Waals surface area contributed by atoms with E-state index in [0.29, 0.717) is 26.0 Å². The van der Waals surface area contributed by atoms with Crippen molar-refractivity contribution in [2.45, 2.75) is 52.0 Å². The Kier molecular flexibility index (Phi) is 8.56. The number of hydrogen-bond acceptors (Lipinski definition) is 3. The minimum absolute atomic E-state index is 0.0500. The van der Waals surface area contributed by atoms with Gasteiger partial charge in [0.15, 0.2) is 0 Å². The maximum atomic E-state index is 11.6. The van der Waals surface area contributed by atoms with Gasteiger partial charge in [-0.1, -0.05) is 33.8 Å². The van der Waals surface area contributed by atoms with Gasteiger partial charge in [0, 0.05) is 6.54 Å². The molecule has 1 aromatic rings. The van der Waals surface area contributed by atoms with Crippen LogP contribution in [-0.2, 0) is 5.41 Å². The van der Waals surface area contributed by atoms with Gasteiger partial charge < -0.3 is 20.5 Å². The smallest absolute Gasteiger partial charge is 0.315 e. The summed E-state index contributed by atoms with van der Waals surface area (Å²) in [6.07, 6.45) is 1.41. The molecular formula is C18H29BrN2O3. The summed E-state index contributed by atoms with van der Waals surface area (Å²) in [4.78, 5) is 11.6. The standard InChI is InChI=1S/C18H29BrN2O3/c1-5-14(12-22)21-17(23)20-9-6-10-24-16-8-7-13(11-15(16)19)18(2,3)4/h7-8,11,14,22H,5-6,9-10,12H2,1-4H3,(H2,20,21,23). The van der Waals surface area contributed by atoms with Crippen LogP contribution in [0.5, 0.6) is 5.75 Å². The minimum atomic E-state index is -0.258. The molecule has 1 aromatic carbocycles. The SMILES string of the molecule is CCC(CO)NC(=O)NCCCOc1ccc(C(C)(C)C)cc1Br. The molecule has 1 atom stereocenters. The fourth-order valence-corrected chi connectivity index (χ4v) is 2.55. The van der Waals surface area contributed by atoms with Gasteiger partial charge in [-0.25, -0.2) is 4.79 Å². The van der Waals surface area contributed by atoms with Crippen molar-refractivity contribution in [3.8, 4) is 5.75 Å². The second kappa shape index (κ2) is 9.89. The van der Waals surface area contributed by atoms with E-state index in [9.17, 15) is 4.79 Å². The Morgan fingerprint density at radius 3 is 2.62 bits per heavy atom. The number of carbonyl (C=O) groups is 1. The molecule has 0 spiro atoms. The Morgan fingerprint density at radius 1 is 1.38 bits per heavy atom. The molecule has 5 nitrogen and oxygen atoms in total. The molecule has 2 amide bonds. The fourth-order valence-electron chi connectivity index (χ4n) is 2.05. The molecule has 0 aliphatic carbocycles. The highest BCUT2D eigenvalue weighted by molar-refractivity contribution is 9.10. The number of carbonyl (C=O) groups excluding carboxylic acids is 1. The van der Waals surface area contributed by atoms with Crippen LogP contribution in [0.1, 0.15) is 46.1 Å². The lowest BCUT2D eigenvalue weighted by Crippen LogP contribution is -2.43. The van der Waals surface area contributed by atoms with Crippen LogP contribution < -0.4 is 15.4 Å². The molecule has 0 aliphatic heterocycles. The van der Waals surface area contributed by atoms with Crippen LogP contribution in [0.4, 0.5) is 4.79 Å². The van der Waals surface area contributed by atoms with Gasteiger partial charge >= 0.3 is 6.03 Å². The van der Waals surface area contributed by atoms with E-state index >= 15 is 0 Å². The first kappa shape index (κ1) is 20.8. The van der Waals surface area contributed by atoms with E-state index in [1.807, 2.05) is 13.0 Å². The zero-order valence-corrected chi connectivity index (χ0v) is 16.6. The molecule has 0 heterocycles. The van der Waals surface area contributed by atoms with Crippen LogP contribution >= 0.6 is 15.9 Å². The van der Waals surface area contributed by atoms with Crippen LogP contribution in [0, 0.1) is 0 Å². The van der Waals surface area contributed by atoms with Gasteiger partial charge in [-0.2, -0.15) is 0 Å². The van der Waals surface area contributed by atoms with Crippen LogP contribution in [0.25, 0.3) is 0 Å². The molecule has 24 heavy (non-hydrogen) atoms. The first-order valence-electron chi connectivity index (χ1n) is 8.36. The van der Waals surface area contributed by atoms with Crippen LogP contribution in [0.3, 0.4) is 0 Å². The highest BCUT2D eigenvalue weighted by Gasteiger charge is 2.15. The van der Waals surface area contributed by atoms with E-state index in [4.69, 9.17) is 9.84 Å². The molecule has 0 fully saturated rings. The summed E-state index contributed by atoms with van der Waals surface area (Å²) in [7, 11) is 0. The minimum Gasteiger partial charge on any atom is -0.492 e. The molecule has 0 aliphatic rings. The van der Waals surface area contributed by atoms with Crippen molar-refractivity contribution in [1.29, 1.82) is 0 Å². The lowest BCUT2D eigenvalue weighted by atomic mass is 9.87. The Balaban J connectivity index is 2.32. The third-order valence-electron chi connectivity index (χ3n) is 3.71. The molecule has 0 radical (unpaired) electrons. The summed E-state index contributed by atoms with van der Waals surface area (Å²) >= 11 is 3.55. The van der Waals surface area contributed by atoms with Gasteiger partial charge in [0.2, 0.25) is 0 Å². The lowest BCUT2D eigenvalue weighted by molar-refractivity contribution is 0.213. The highest BCUT2D eigenvalue weighted by atomic mass is 79.9. The van der Waals surface area contributed by atoms with E-state index in [2.05, 4.69) is 59.5 Å². The third-order valence-corrected chi connectivity index (χ3v) is 4.33.